The number of aliphatic hydroxyl groups is 1. The molecule has 5 heterocycles. The quantitative estimate of drug-likeness (QED) is 0.374. The zero-order chi connectivity index (χ0) is 24.8. The summed E-state index contributed by atoms with van der Waals surface area (Å²) in [5.41, 5.74) is 3.25. The van der Waals surface area contributed by atoms with Gasteiger partial charge in [-0.2, -0.15) is 9.61 Å². The highest BCUT2D eigenvalue weighted by atomic mass is 16.5. The molecule has 11 nitrogen and oxygen atoms in total. The molecule has 11 heteroatoms. The Kier molecular flexibility index (Phi) is 5.82. The standard InChI is InChI=1S/C25H29N7O4/c1-26-22-10-18(29-24-15(11-28-32(22)24)25(34)30-17-5-6-20(17)33)16-12-31(23-14(16)4-3-8-27-23)19-7-9-36-13-21(19)35-2/h3-4,8,10-12,17,19-21,26,33H,5-7,9,13H2,1-2H3,(H,30,34)/t17?,19-,20-,21-/m1/s1. The number of rotatable bonds is 6. The molecule has 3 N–H and O–H groups in total. The first kappa shape index (κ1) is 22.9. The van der Waals surface area contributed by atoms with Gasteiger partial charge >= 0.3 is 0 Å². The van der Waals surface area contributed by atoms with Gasteiger partial charge in [-0.1, -0.05) is 0 Å². The van der Waals surface area contributed by atoms with Gasteiger partial charge in [0.1, 0.15) is 23.1 Å². The Hall–Kier alpha value is -3.54. The van der Waals surface area contributed by atoms with Crippen molar-refractivity contribution in [3.8, 4) is 11.3 Å². The van der Waals surface area contributed by atoms with Crippen LogP contribution in [-0.4, -0.2) is 80.8 Å². The lowest BCUT2D eigenvalue weighted by molar-refractivity contribution is -0.0592. The molecule has 1 aliphatic carbocycles. The fourth-order valence-electron chi connectivity index (χ4n) is 5.12. The van der Waals surface area contributed by atoms with E-state index in [1.54, 1.807) is 24.9 Å². The lowest BCUT2D eigenvalue weighted by Gasteiger charge is -2.32. The Morgan fingerprint density at radius 1 is 1.28 bits per heavy atom. The Morgan fingerprint density at radius 3 is 2.92 bits per heavy atom. The molecule has 4 aromatic rings. The molecular formula is C25H29N7O4. The van der Waals surface area contributed by atoms with Crippen LogP contribution >= 0.6 is 0 Å². The number of pyridine rings is 1. The van der Waals surface area contributed by atoms with E-state index >= 15 is 0 Å². The molecule has 1 aliphatic heterocycles. The molecule has 0 spiro atoms. The first-order valence-electron chi connectivity index (χ1n) is 12.2. The highest BCUT2D eigenvalue weighted by Crippen LogP contribution is 2.35. The van der Waals surface area contributed by atoms with Crippen LogP contribution < -0.4 is 10.6 Å². The summed E-state index contributed by atoms with van der Waals surface area (Å²) < 4.78 is 15.1. The Morgan fingerprint density at radius 2 is 2.17 bits per heavy atom. The van der Waals surface area contributed by atoms with Crippen molar-refractivity contribution >= 4 is 28.4 Å². The number of hydrogen-bond acceptors (Lipinski definition) is 8. The number of aliphatic hydroxyl groups excluding tert-OH is 1. The van der Waals surface area contributed by atoms with E-state index in [4.69, 9.17) is 14.5 Å². The van der Waals surface area contributed by atoms with E-state index in [0.29, 0.717) is 42.4 Å². The lowest BCUT2D eigenvalue weighted by Crippen LogP contribution is -2.50. The summed E-state index contributed by atoms with van der Waals surface area (Å²) in [5, 5.41) is 21.3. The number of hydrogen-bond donors (Lipinski definition) is 3. The second-order valence-corrected chi connectivity index (χ2v) is 9.32. The molecule has 0 aromatic carbocycles. The van der Waals surface area contributed by atoms with Crippen molar-refractivity contribution in [2.45, 2.75) is 43.6 Å². The van der Waals surface area contributed by atoms with Crippen LogP contribution in [0.4, 0.5) is 5.82 Å². The van der Waals surface area contributed by atoms with Gasteiger partial charge in [0, 0.05) is 50.2 Å². The number of nitrogens with zero attached hydrogens (tertiary/aromatic N) is 5. The zero-order valence-electron chi connectivity index (χ0n) is 20.2. The Bertz CT molecular complexity index is 1430. The molecule has 1 amide bonds. The van der Waals surface area contributed by atoms with Crippen LogP contribution in [0.2, 0.25) is 0 Å². The molecule has 2 aliphatic rings. The van der Waals surface area contributed by atoms with E-state index in [1.165, 1.54) is 6.20 Å². The molecule has 36 heavy (non-hydrogen) atoms. The van der Waals surface area contributed by atoms with E-state index in [9.17, 15) is 9.90 Å². The number of fused-ring (bicyclic) bond motifs is 2. The second kappa shape index (κ2) is 9.16. The molecule has 188 valence electrons. The number of methoxy groups -OCH3 is 1. The summed E-state index contributed by atoms with van der Waals surface area (Å²) >= 11 is 0. The van der Waals surface area contributed by atoms with Gasteiger partial charge in [-0.25, -0.2) is 9.97 Å². The number of carbonyl (C=O) groups is 1. The highest BCUT2D eigenvalue weighted by Gasteiger charge is 2.32. The smallest absolute Gasteiger partial charge is 0.257 e. The second-order valence-electron chi connectivity index (χ2n) is 9.32. The SMILES string of the molecule is CNc1cc(-c2cn([C@@H]3CCOC[C@H]3OC)c3ncccc23)nc2c(C(=O)NC3CC[C@H]3O)cnn12. The number of amides is 1. The minimum absolute atomic E-state index is 0.0765. The van der Waals surface area contributed by atoms with Crippen LogP contribution in [0.1, 0.15) is 35.7 Å². The van der Waals surface area contributed by atoms with Gasteiger partial charge in [0.15, 0.2) is 5.65 Å². The minimum atomic E-state index is -0.507. The summed E-state index contributed by atoms with van der Waals surface area (Å²) in [7, 11) is 3.51. The molecule has 0 bridgehead atoms. The fraction of sp³-hybridized carbons (Fsp3) is 0.440. The van der Waals surface area contributed by atoms with Crippen molar-refractivity contribution in [1.82, 2.24) is 29.5 Å². The molecule has 0 radical (unpaired) electrons. The van der Waals surface area contributed by atoms with Gasteiger partial charge in [0.25, 0.3) is 5.91 Å². The average Bonchev–Trinajstić information content (AvgIpc) is 3.52. The number of ether oxygens (including phenoxy) is 2. The van der Waals surface area contributed by atoms with Crippen molar-refractivity contribution < 1.29 is 19.4 Å². The maximum Gasteiger partial charge on any atom is 0.257 e. The maximum absolute atomic E-state index is 13.0. The Labute approximate surface area is 207 Å². The molecule has 4 atom stereocenters. The Balaban J connectivity index is 1.47. The zero-order valence-corrected chi connectivity index (χ0v) is 20.2. The highest BCUT2D eigenvalue weighted by molar-refractivity contribution is 6.01. The number of aromatic nitrogens is 5. The monoisotopic (exact) mass is 491 g/mol. The number of anilines is 1. The molecule has 6 rings (SSSR count). The van der Waals surface area contributed by atoms with Gasteiger partial charge in [-0.05, 0) is 31.4 Å². The van der Waals surface area contributed by atoms with Crippen molar-refractivity contribution in [3.05, 3.63) is 42.4 Å². The average molecular weight is 492 g/mol. The molecule has 1 unspecified atom stereocenters. The predicted molar refractivity (Wildman–Crippen MR) is 133 cm³/mol. The van der Waals surface area contributed by atoms with Gasteiger partial charge in [0.05, 0.1) is 36.7 Å². The van der Waals surface area contributed by atoms with E-state index in [-0.39, 0.29) is 24.1 Å². The van der Waals surface area contributed by atoms with Crippen molar-refractivity contribution in [2.24, 2.45) is 0 Å². The molecular weight excluding hydrogens is 462 g/mol. The minimum Gasteiger partial charge on any atom is -0.391 e. The summed E-state index contributed by atoms with van der Waals surface area (Å²) in [5.74, 6) is 0.401. The van der Waals surface area contributed by atoms with Gasteiger partial charge in [-0.15, -0.1) is 0 Å². The third-order valence-electron chi connectivity index (χ3n) is 7.32. The summed E-state index contributed by atoms with van der Waals surface area (Å²) in [6.45, 7) is 1.19. The summed E-state index contributed by atoms with van der Waals surface area (Å²) in [4.78, 5) is 22.6. The first-order valence-corrected chi connectivity index (χ1v) is 12.2. The fourth-order valence-corrected chi connectivity index (χ4v) is 5.12. The maximum atomic E-state index is 13.0. The van der Waals surface area contributed by atoms with Crippen LogP contribution in [0, 0.1) is 0 Å². The summed E-state index contributed by atoms with van der Waals surface area (Å²) in [6.07, 6.45) is 7.04. The molecule has 2 fully saturated rings. The van der Waals surface area contributed by atoms with Crippen LogP contribution in [0.3, 0.4) is 0 Å². The predicted octanol–water partition coefficient (Wildman–Crippen LogP) is 2.02. The van der Waals surface area contributed by atoms with Crippen LogP contribution in [0.15, 0.2) is 36.8 Å². The molecule has 1 saturated carbocycles. The van der Waals surface area contributed by atoms with E-state index < -0.39 is 6.10 Å². The van der Waals surface area contributed by atoms with E-state index in [1.807, 2.05) is 18.2 Å². The van der Waals surface area contributed by atoms with Gasteiger partial charge in [0.2, 0.25) is 0 Å². The number of carbonyl (C=O) groups excluding carboxylic acids is 1. The summed E-state index contributed by atoms with van der Waals surface area (Å²) in [6, 6.07) is 5.70. The van der Waals surface area contributed by atoms with Crippen LogP contribution in [0.25, 0.3) is 27.9 Å². The van der Waals surface area contributed by atoms with Crippen molar-refractivity contribution in [1.29, 1.82) is 0 Å². The van der Waals surface area contributed by atoms with Gasteiger partial charge < -0.3 is 29.8 Å². The van der Waals surface area contributed by atoms with E-state index in [2.05, 4.69) is 31.5 Å². The van der Waals surface area contributed by atoms with Crippen LogP contribution in [-0.2, 0) is 9.47 Å². The van der Waals surface area contributed by atoms with E-state index in [0.717, 1.165) is 29.4 Å². The molecule has 1 saturated heterocycles. The largest absolute Gasteiger partial charge is 0.391 e. The van der Waals surface area contributed by atoms with Gasteiger partial charge in [-0.3, -0.25) is 4.79 Å². The third kappa shape index (κ3) is 3.71. The lowest BCUT2D eigenvalue weighted by atomic mass is 9.89. The van der Waals surface area contributed by atoms with Crippen molar-refractivity contribution in [3.63, 3.8) is 0 Å². The normalized spacial score (nSPS) is 24.1. The number of nitrogens with one attached hydrogen (secondary N) is 2. The first-order chi connectivity index (χ1) is 17.6. The molecule has 4 aromatic heterocycles. The topological polar surface area (TPSA) is 128 Å². The third-order valence-corrected chi connectivity index (χ3v) is 7.32. The van der Waals surface area contributed by atoms with Crippen molar-refractivity contribution in [2.75, 3.05) is 32.7 Å². The van der Waals surface area contributed by atoms with Crippen LogP contribution in [0.5, 0.6) is 0 Å².